The molecule has 0 rings (SSSR count). The van der Waals surface area contributed by atoms with E-state index in [-0.39, 0.29) is 75.1 Å². The van der Waals surface area contributed by atoms with Gasteiger partial charge in [-0.25, -0.2) is 0 Å². The summed E-state index contributed by atoms with van der Waals surface area (Å²) >= 11 is 0. The summed E-state index contributed by atoms with van der Waals surface area (Å²) in [4.78, 5) is 0. The zero-order chi connectivity index (χ0) is 3.58. The first-order chi connectivity index (χ1) is 1.73. The van der Waals surface area contributed by atoms with Gasteiger partial charge < -0.3 is 2.85 Å². The van der Waals surface area contributed by atoms with Gasteiger partial charge in [0.05, 0.1) is 0 Å². The van der Waals surface area contributed by atoms with Crippen molar-refractivity contribution in [3.05, 3.63) is 12.2 Å². The van der Waals surface area contributed by atoms with Crippen molar-refractivity contribution < 1.29 is 2.85 Å². The molecule has 0 radical (unpaired) electrons. The van der Waals surface area contributed by atoms with Crippen molar-refractivity contribution in [1.29, 1.82) is 0 Å². The summed E-state index contributed by atoms with van der Waals surface area (Å²) in [6.45, 7) is 7.50. The van der Waals surface area contributed by atoms with E-state index in [0.29, 0.717) is 0 Å². The van der Waals surface area contributed by atoms with E-state index >= 15 is 0 Å². The number of rotatable bonds is 0. The Morgan fingerprint density at radius 1 is 1.43 bits per heavy atom. The number of allylic oxidation sites excluding steroid dienone is 1. The van der Waals surface area contributed by atoms with Gasteiger partial charge in [0.2, 0.25) is 0 Å². The molecule has 0 fully saturated rings. The summed E-state index contributed by atoms with van der Waals surface area (Å²) in [7, 11) is 0. The van der Waals surface area contributed by atoms with Gasteiger partial charge in [0, 0.05) is 0 Å². The first-order valence-corrected chi connectivity index (χ1v) is 1.35. The average Bonchev–Trinajstić information content (AvgIpc) is 0.811. The Labute approximate surface area is 99.6 Å². The summed E-state index contributed by atoms with van der Waals surface area (Å²) in [6, 6.07) is 0. The molecule has 1 unspecified atom stereocenters. The molecule has 0 amide bonds. The van der Waals surface area contributed by atoms with Gasteiger partial charge in [0.1, 0.15) is 0 Å². The first-order valence-electron chi connectivity index (χ1n) is 1.35. The van der Waals surface area contributed by atoms with Crippen molar-refractivity contribution in [2.24, 2.45) is 0 Å². The molecule has 0 heterocycles. The molecule has 0 spiro atoms. The minimum atomic E-state index is 0. The van der Waals surface area contributed by atoms with E-state index in [9.17, 15) is 0 Å². The zero-order valence-corrected chi connectivity index (χ0v) is 12.0. The maximum atomic E-state index is 3.56. The Hall–Kier alpha value is 2.09. The quantitative estimate of drug-likeness (QED) is 0.354. The van der Waals surface area contributed by atoms with E-state index in [0.717, 1.165) is 0 Å². The molecule has 0 nitrogen and oxygen atoms in total. The van der Waals surface area contributed by atoms with Crippen LogP contribution in [0.1, 0.15) is 16.7 Å². The second-order valence-electron chi connectivity index (χ2n) is 1.21. The van der Waals surface area contributed by atoms with Crippen molar-refractivity contribution in [2.75, 3.05) is 0 Å². The monoisotopic (exact) mass is 264 g/mol. The maximum absolute atomic E-state index is 3.56. The van der Waals surface area contributed by atoms with E-state index in [1.807, 2.05) is 13.8 Å². The minimum Gasteiger partial charge on any atom is -1.00 e. The molecule has 0 N–H and O–H groups in total. The predicted octanol–water partition coefficient (Wildman–Crippen LogP) is 1.60. The molecular formula is C4H15BaPS. The molecule has 44 valence electrons. The van der Waals surface area contributed by atoms with Crippen molar-refractivity contribution in [3.8, 4) is 0 Å². The first kappa shape index (κ1) is 23.0. The third kappa shape index (κ3) is 68.6. The largest absolute Gasteiger partial charge is 2.00 e. The summed E-state index contributed by atoms with van der Waals surface area (Å²) in [5, 5.41) is 0. The van der Waals surface area contributed by atoms with Crippen LogP contribution >= 0.6 is 23.4 Å². The second-order valence-corrected chi connectivity index (χ2v) is 1.21. The molecule has 0 saturated heterocycles. The van der Waals surface area contributed by atoms with Gasteiger partial charge in [0.15, 0.2) is 0 Å². The van der Waals surface area contributed by atoms with Gasteiger partial charge in [-0.15, -0.1) is 6.58 Å². The molecule has 1 atom stereocenters. The zero-order valence-electron chi connectivity index (χ0n) is 7.12. The van der Waals surface area contributed by atoms with Crippen LogP contribution in [0.3, 0.4) is 0 Å². The minimum absolute atomic E-state index is 0. The van der Waals surface area contributed by atoms with E-state index < -0.39 is 0 Å². The van der Waals surface area contributed by atoms with E-state index in [2.05, 4.69) is 6.58 Å². The molecule has 7 heavy (non-hydrogen) atoms. The summed E-state index contributed by atoms with van der Waals surface area (Å²) in [5.74, 6) is 0. The topological polar surface area (TPSA) is 0 Å². The van der Waals surface area contributed by atoms with Crippen molar-refractivity contribution >= 4 is 72.3 Å². The van der Waals surface area contributed by atoms with Crippen LogP contribution in [0.5, 0.6) is 0 Å². The van der Waals surface area contributed by atoms with Gasteiger partial charge in [-0.1, -0.05) is 5.57 Å². The molecule has 0 bridgehead atoms. The molecule has 0 aliphatic heterocycles. The van der Waals surface area contributed by atoms with Gasteiger partial charge in [-0.05, 0) is 13.8 Å². The van der Waals surface area contributed by atoms with Crippen LogP contribution in [0.4, 0.5) is 0 Å². The molecule has 3 heteroatoms. The molecule has 0 aromatic carbocycles. The Balaban J connectivity index is -0.00000000450. The smallest absolute Gasteiger partial charge is 1.00 e. The van der Waals surface area contributed by atoms with Gasteiger partial charge >= 0.3 is 48.9 Å². The maximum Gasteiger partial charge on any atom is 2.00 e. The number of hydrogen-bond donors (Lipinski definition) is 0. The van der Waals surface area contributed by atoms with Gasteiger partial charge in [-0.3, -0.25) is 0 Å². The molecule has 0 aliphatic rings. The fraction of sp³-hybridized carbons (Fsp3) is 0.500. The van der Waals surface area contributed by atoms with Crippen molar-refractivity contribution in [1.82, 2.24) is 0 Å². The fourth-order valence-corrected chi connectivity index (χ4v) is 0. The summed E-state index contributed by atoms with van der Waals surface area (Å²) in [5.41, 5.74) is 1.17. The van der Waals surface area contributed by atoms with Crippen LogP contribution in [0.25, 0.3) is 0 Å². The van der Waals surface area contributed by atoms with Crippen LogP contribution in [0, 0.1) is 0 Å². The van der Waals surface area contributed by atoms with E-state index in [4.69, 9.17) is 0 Å². The Bertz CT molecular complexity index is 41.5. The molecule has 0 aromatic heterocycles. The summed E-state index contributed by atoms with van der Waals surface area (Å²) < 4.78 is 0. The molecule has 0 aromatic rings. The SMILES string of the molecule is C=C(C)C.P.S.[Ba+2].[H-].[H-]. The Kier molecular flexibility index (Phi) is 51.5. The normalized spacial score (nSPS) is 3.71. The third-order valence-corrected chi connectivity index (χ3v) is 0. The fourth-order valence-electron chi connectivity index (χ4n) is 0. The molecule has 0 saturated carbocycles. The van der Waals surface area contributed by atoms with Gasteiger partial charge in [-0.2, -0.15) is 23.4 Å². The standard InChI is InChI=1S/C4H8.Ba.H3P.H2S.2H/c1-4(2)3;;;;;/h1H2,2-3H3;;1H3;1H2;;/q;+2;;;2*-1. The van der Waals surface area contributed by atoms with Crippen LogP contribution in [-0.4, -0.2) is 48.9 Å². The van der Waals surface area contributed by atoms with Crippen molar-refractivity contribution in [2.45, 2.75) is 13.8 Å². The second kappa shape index (κ2) is 15.7. The van der Waals surface area contributed by atoms with Crippen molar-refractivity contribution in [3.63, 3.8) is 0 Å². The van der Waals surface area contributed by atoms with E-state index in [1.165, 1.54) is 5.57 Å². The van der Waals surface area contributed by atoms with Crippen LogP contribution in [0.2, 0.25) is 0 Å². The third-order valence-electron chi connectivity index (χ3n) is 0. The molecular weight excluding hydrogens is 248 g/mol. The summed E-state index contributed by atoms with van der Waals surface area (Å²) in [6.07, 6.45) is 0. The average molecular weight is 264 g/mol. The Morgan fingerprint density at radius 2 is 1.43 bits per heavy atom. The van der Waals surface area contributed by atoms with Gasteiger partial charge in [0.25, 0.3) is 0 Å². The van der Waals surface area contributed by atoms with Crippen LogP contribution in [-0.2, 0) is 0 Å². The number of hydrogen-bond acceptors (Lipinski definition) is 0. The predicted molar refractivity (Wildman–Crippen MR) is 50.0 cm³/mol. The van der Waals surface area contributed by atoms with Crippen LogP contribution < -0.4 is 0 Å². The molecule has 0 aliphatic carbocycles. The van der Waals surface area contributed by atoms with Crippen LogP contribution in [0.15, 0.2) is 12.2 Å². The van der Waals surface area contributed by atoms with E-state index in [1.54, 1.807) is 0 Å². The Morgan fingerprint density at radius 3 is 1.43 bits per heavy atom.